The average Bonchev–Trinajstić information content (AvgIpc) is 2.94. The maximum absolute atomic E-state index is 4.55. The number of aromatic nitrogens is 4. The van der Waals surface area contributed by atoms with Crippen LogP contribution in [0.15, 0.2) is 41.7 Å². The summed E-state index contributed by atoms with van der Waals surface area (Å²) >= 11 is 1.63. The third kappa shape index (κ3) is 3.08. The van der Waals surface area contributed by atoms with Gasteiger partial charge in [-0.1, -0.05) is 56.8 Å². The van der Waals surface area contributed by atoms with Crippen LogP contribution in [0.2, 0.25) is 0 Å². The van der Waals surface area contributed by atoms with E-state index in [0.29, 0.717) is 0 Å². The van der Waals surface area contributed by atoms with Gasteiger partial charge in [-0.05, 0) is 11.6 Å². The number of benzene rings is 1. The van der Waals surface area contributed by atoms with Crippen molar-refractivity contribution in [1.82, 2.24) is 20.2 Å². The molecule has 0 aliphatic carbocycles. The fraction of sp³-hybridized carbons (Fsp3) is 0.312. The van der Waals surface area contributed by atoms with Crippen LogP contribution >= 0.6 is 11.8 Å². The van der Waals surface area contributed by atoms with Gasteiger partial charge in [-0.25, -0.2) is 4.98 Å². The van der Waals surface area contributed by atoms with Crippen molar-refractivity contribution in [2.45, 2.75) is 37.1 Å². The summed E-state index contributed by atoms with van der Waals surface area (Å²) in [5.74, 6) is 1.73. The zero-order valence-corrected chi connectivity index (χ0v) is 13.2. The molecule has 1 aromatic carbocycles. The molecular weight excluding hydrogens is 280 g/mol. The molecule has 4 nitrogen and oxygen atoms in total. The van der Waals surface area contributed by atoms with Crippen molar-refractivity contribution in [2.75, 3.05) is 0 Å². The van der Waals surface area contributed by atoms with Crippen LogP contribution in [-0.2, 0) is 11.2 Å². The van der Waals surface area contributed by atoms with Gasteiger partial charge in [0.25, 0.3) is 0 Å². The predicted octanol–water partition coefficient (Wildman–Crippen LogP) is 3.94. The molecule has 0 saturated carbocycles. The number of aromatic amines is 1. The van der Waals surface area contributed by atoms with Gasteiger partial charge in [0.2, 0.25) is 5.16 Å². The normalized spacial score (nSPS) is 12.0. The number of nitrogens with one attached hydrogen (secondary N) is 1. The average molecular weight is 298 g/mol. The maximum Gasteiger partial charge on any atom is 0.208 e. The predicted molar refractivity (Wildman–Crippen MR) is 86.4 cm³/mol. The molecule has 3 aromatic rings. The second-order valence-corrected chi connectivity index (χ2v) is 6.94. The Morgan fingerprint density at radius 2 is 1.95 bits per heavy atom. The number of rotatable bonds is 3. The first-order valence-electron chi connectivity index (χ1n) is 6.92. The van der Waals surface area contributed by atoms with Crippen molar-refractivity contribution in [3.63, 3.8) is 0 Å². The van der Waals surface area contributed by atoms with Crippen molar-refractivity contribution >= 4 is 22.7 Å². The Kier molecular flexibility index (Phi) is 3.68. The van der Waals surface area contributed by atoms with Gasteiger partial charge in [0, 0.05) is 22.8 Å². The second kappa shape index (κ2) is 5.48. The molecular formula is C16H18N4S. The maximum atomic E-state index is 4.55. The number of fused-ring (bicyclic) bond motifs is 1. The highest BCUT2D eigenvalue weighted by Gasteiger charge is 2.18. The molecule has 0 amide bonds. The van der Waals surface area contributed by atoms with Crippen LogP contribution in [0.1, 0.15) is 32.2 Å². The molecule has 0 unspecified atom stereocenters. The lowest BCUT2D eigenvalue weighted by Gasteiger charge is -2.12. The summed E-state index contributed by atoms with van der Waals surface area (Å²) < 4.78 is 0. The molecule has 0 bridgehead atoms. The van der Waals surface area contributed by atoms with Crippen LogP contribution < -0.4 is 0 Å². The Hall–Kier alpha value is -1.88. The molecule has 3 rings (SSSR count). The van der Waals surface area contributed by atoms with Crippen LogP contribution in [0.3, 0.4) is 0 Å². The summed E-state index contributed by atoms with van der Waals surface area (Å²) in [5, 5.41) is 9.26. The van der Waals surface area contributed by atoms with Gasteiger partial charge in [-0.2, -0.15) is 0 Å². The topological polar surface area (TPSA) is 54.5 Å². The van der Waals surface area contributed by atoms with Gasteiger partial charge in [-0.15, -0.1) is 5.10 Å². The van der Waals surface area contributed by atoms with Crippen LogP contribution in [-0.4, -0.2) is 20.2 Å². The Morgan fingerprint density at radius 3 is 2.71 bits per heavy atom. The Labute approximate surface area is 128 Å². The Morgan fingerprint density at radius 1 is 1.14 bits per heavy atom. The Balaban J connectivity index is 1.79. The standard InChI is InChI=1S/C16H18N4S/c1-16(2,3)14-18-15(20-19-14)21-10-12-7-4-6-11-8-5-9-17-13(11)12/h4-9H,10H2,1-3H3,(H,18,19,20). The third-order valence-corrected chi connectivity index (χ3v) is 4.14. The molecule has 21 heavy (non-hydrogen) atoms. The number of para-hydroxylation sites is 1. The fourth-order valence-electron chi connectivity index (χ4n) is 2.07. The number of hydrogen-bond acceptors (Lipinski definition) is 4. The van der Waals surface area contributed by atoms with Gasteiger partial charge in [0.05, 0.1) is 5.52 Å². The number of nitrogens with zero attached hydrogens (tertiary/aromatic N) is 3. The molecule has 108 valence electrons. The van der Waals surface area contributed by atoms with Crippen LogP contribution in [0.25, 0.3) is 10.9 Å². The van der Waals surface area contributed by atoms with Crippen molar-refractivity contribution in [3.05, 3.63) is 47.9 Å². The summed E-state index contributed by atoms with van der Waals surface area (Å²) in [6.07, 6.45) is 1.83. The minimum absolute atomic E-state index is 0.00713. The SMILES string of the molecule is CC(C)(C)c1nc(SCc2cccc3cccnc23)n[nH]1. The molecule has 0 atom stereocenters. The molecule has 0 saturated heterocycles. The largest absolute Gasteiger partial charge is 0.262 e. The summed E-state index contributed by atoms with van der Waals surface area (Å²) in [6, 6.07) is 10.3. The van der Waals surface area contributed by atoms with E-state index in [1.165, 1.54) is 10.9 Å². The third-order valence-electron chi connectivity index (χ3n) is 3.25. The molecule has 0 spiro atoms. The molecule has 2 heterocycles. The molecule has 2 aromatic heterocycles. The van der Waals surface area contributed by atoms with Crippen LogP contribution in [0, 0.1) is 0 Å². The van der Waals surface area contributed by atoms with E-state index in [4.69, 9.17) is 0 Å². The highest BCUT2D eigenvalue weighted by atomic mass is 32.2. The van der Waals surface area contributed by atoms with E-state index in [1.807, 2.05) is 12.3 Å². The van der Waals surface area contributed by atoms with Gasteiger partial charge in [0.1, 0.15) is 5.82 Å². The number of hydrogen-bond donors (Lipinski definition) is 1. The van der Waals surface area contributed by atoms with E-state index in [0.717, 1.165) is 22.3 Å². The number of pyridine rings is 1. The van der Waals surface area contributed by atoms with Crippen LogP contribution in [0.4, 0.5) is 0 Å². The van der Waals surface area contributed by atoms with E-state index >= 15 is 0 Å². The van der Waals surface area contributed by atoms with Gasteiger partial charge in [0.15, 0.2) is 0 Å². The van der Waals surface area contributed by atoms with Gasteiger partial charge >= 0.3 is 0 Å². The summed E-state index contributed by atoms with van der Waals surface area (Å²) in [4.78, 5) is 9.03. The minimum atomic E-state index is -0.00713. The highest BCUT2D eigenvalue weighted by Crippen LogP contribution is 2.26. The molecule has 0 fully saturated rings. The summed E-state index contributed by atoms with van der Waals surface area (Å²) in [6.45, 7) is 6.36. The monoisotopic (exact) mass is 298 g/mol. The van der Waals surface area contributed by atoms with Gasteiger partial charge in [-0.3, -0.25) is 10.1 Å². The first-order chi connectivity index (χ1) is 10.0. The summed E-state index contributed by atoms with van der Waals surface area (Å²) in [7, 11) is 0. The molecule has 0 aliphatic heterocycles. The molecule has 0 radical (unpaired) electrons. The van der Waals surface area contributed by atoms with E-state index < -0.39 is 0 Å². The molecule has 5 heteroatoms. The molecule has 0 aliphatic rings. The highest BCUT2D eigenvalue weighted by molar-refractivity contribution is 7.98. The van der Waals surface area contributed by atoms with Crippen LogP contribution in [0.5, 0.6) is 0 Å². The lowest BCUT2D eigenvalue weighted by Crippen LogP contribution is -2.13. The first kappa shape index (κ1) is 14.1. The molecule has 1 N–H and O–H groups in total. The smallest absolute Gasteiger partial charge is 0.208 e. The Bertz CT molecular complexity index is 753. The van der Waals surface area contributed by atoms with E-state index in [1.54, 1.807) is 11.8 Å². The minimum Gasteiger partial charge on any atom is -0.262 e. The number of thioether (sulfide) groups is 1. The summed E-state index contributed by atoms with van der Waals surface area (Å²) in [5.41, 5.74) is 2.26. The van der Waals surface area contributed by atoms with E-state index in [2.05, 4.69) is 65.2 Å². The zero-order chi connectivity index (χ0) is 14.9. The van der Waals surface area contributed by atoms with E-state index in [9.17, 15) is 0 Å². The van der Waals surface area contributed by atoms with E-state index in [-0.39, 0.29) is 5.41 Å². The van der Waals surface area contributed by atoms with Crippen molar-refractivity contribution < 1.29 is 0 Å². The fourth-order valence-corrected chi connectivity index (χ4v) is 2.86. The van der Waals surface area contributed by atoms with Crippen molar-refractivity contribution in [2.24, 2.45) is 0 Å². The number of H-pyrrole nitrogens is 1. The second-order valence-electron chi connectivity index (χ2n) is 6.00. The van der Waals surface area contributed by atoms with Gasteiger partial charge < -0.3 is 0 Å². The van der Waals surface area contributed by atoms with Crippen molar-refractivity contribution in [3.8, 4) is 0 Å². The quantitative estimate of drug-likeness (QED) is 0.744. The lowest BCUT2D eigenvalue weighted by atomic mass is 9.96. The zero-order valence-electron chi connectivity index (χ0n) is 12.4. The first-order valence-corrected chi connectivity index (χ1v) is 7.91. The lowest BCUT2D eigenvalue weighted by molar-refractivity contribution is 0.547. The van der Waals surface area contributed by atoms with Crippen molar-refractivity contribution in [1.29, 1.82) is 0 Å².